The molecule has 0 spiro atoms. The van der Waals surface area contributed by atoms with Crippen LogP contribution in [0.1, 0.15) is 0 Å². The van der Waals surface area contributed by atoms with Crippen LogP contribution in [0, 0.1) is 5.92 Å². The summed E-state index contributed by atoms with van der Waals surface area (Å²) in [5, 5.41) is 5.94. The summed E-state index contributed by atoms with van der Waals surface area (Å²) in [6, 6.07) is 5.20. The van der Waals surface area contributed by atoms with Crippen LogP contribution in [0.3, 0.4) is 0 Å². The van der Waals surface area contributed by atoms with Crippen LogP contribution in [0.2, 0.25) is 0 Å². The number of nitrogens with zero attached hydrogens (tertiary/aromatic N) is 1. The number of nitrogens with one attached hydrogen (secondary N) is 4. The number of hydrazine groups is 1. The van der Waals surface area contributed by atoms with Crippen LogP contribution in [0.5, 0.6) is 11.5 Å². The van der Waals surface area contributed by atoms with Crippen LogP contribution < -0.4 is 31.0 Å². The quantitative estimate of drug-likeness (QED) is 0.588. The van der Waals surface area contributed by atoms with E-state index in [9.17, 15) is 9.59 Å². The van der Waals surface area contributed by atoms with Crippen molar-refractivity contribution in [2.24, 2.45) is 10.9 Å². The summed E-state index contributed by atoms with van der Waals surface area (Å²) in [6.45, 7) is 0.732. The van der Waals surface area contributed by atoms with Gasteiger partial charge in [-0.1, -0.05) is 11.8 Å². The van der Waals surface area contributed by atoms with Crippen LogP contribution in [0.4, 0.5) is 5.69 Å². The van der Waals surface area contributed by atoms with Gasteiger partial charge in [0, 0.05) is 18.3 Å². The van der Waals surface area contributed by atoms with E-state index in [1.807, 2.05) is 0 Å². The second kappa shape index (κ2) is 6.30. The zero-order valence-electron chi connectivity index (χ0n) is 12.5. The molecule has 2 amide bonds. The molecule has 0 aliphatic carbocycles. The fourth-order valence-electron chi connectivity index (χ4n) is 2.58. The topological polar surface area (TPSA) is 113 Å². The van der Waals surface area contributed by atoms with E-state index in [1.165, 1.54) is 11.8 Å². The maximum absolute atomic E-state index is 12.1. The number of benzene rings is 1. The number of carbonyl (C=O) groups excluding carboxylic acids is 2. The molecule has 4 N–H and O–H groups in total. The van der Waals surface area contributed by atoms with Crippen molar-refractivity contribution in [3.63, 3.8) is 0 Å². The van der Waals surface area contributed by atoms with Crippen molar-refractivity contribution in [1.82, 2.24) is 16.2 Å². The lowest BCUT2D eigenvalue weighted by molar-refractivity contribution is -0.123. The fourth-order valence-corrected chi connectivity index (χ4v) is 3.28. The standard InChI is InChI=1S/C14H15N5O4S/c20-11(16-7-1-2-9-10(3-7)23-6-22-9)5-24-14-17-12-8(4-15-19-12)13(21)18-14/h1-3,8,12,15,19H,4-6H2,(H,16,20)(H,17,18,21). The maximum Gasteiger partial charge on any atom is 0.234 e. The molecule has 1 fully saturated rings. The van der Waals surface area contributed by atoms with Gasteiger partial charge in [0.2, 0.25) is 18.6 Å². The third-order valence-electron chi connectivity index (χ3n) is 3.77. The molecule has 126 valence electrons. The van der Waals surface area contributed by atoms with E-state index in [1.54, 1.807) is 18.2 Å². The van der Waals surface area contributed by atoms with Crippen molar-refractivity contribution < 1.29 is 19.1 Å². The molecule has 1 aromatic rings. The molecule has 0 aromatic heterocycles. The van der Waals surface area contributed by atoms with Gasteiger partial charge in [0.1, 0.15) is 6.17 Å². The number of amides is 2. The van der Waals surface area contributed by atoms with Crippen molar-refractivity contribution >= 4 is 34.4 Å². The minimum atomic E-state index is -0.279. The summed E-state index contributed by atoms with van der Waals surface area (Å²) < 4.78 is 10.5. The lowest BCUT2D eigenvalue weighted by atomic mass is 10.1. The zero-order valence-corrected chi connectivity index (χ0v) is 13.3. The first-order valence-electron chi connectivity index (χ1n) is 7.38. The van der Waals surface area contributed by atoms with Gasteiger partial charge in [-0.3, -0.25) is 15.0 Å². The van der Waals surface area contributed by atoms with Gasteiger partial charge in [0.05, 0.1) is 11.7 Å². The highest BCUT2D eigenvalue weighted by molar-refractivity contribution is 8.14. The predicted molar refractivity (Wildman–Crippen MR) is 87.6 cm³/mol. The molecule has 3 aliphatic heterocycles. The van der Waals surface area contributed by atoms with E-state index in [-0.39, 0.29) is 36.4 Å². The molecule has 9 nitrogen and oxygen atoms in total. The number of rotatable bonds is 3. The molecule has 0 radical (unpaired) electrons. The molecule has 24 heavy (non-hydrogen) atoms. The SMILES string of the molecule is O=C(CSC1=NC2NNCC2C(=O)N1)Nc1ccc2c(c1)OCO2. The first-order chi connectivity index (χ1) is 11.7. The molecule has 2 unspecified atom stereocenters. The third-order valence-corrected chi connectivity index (χ3v) is 4.66. The molecule has 2 atom stereocenters. The molecule has 4 rings (SSSR count). The van der Waals surface area contributed by atoms with E-state index in [4.69, 9.17) is 9.47 Å². The Labute approximate surface area is 141 Å². The Hall–Kier alpha value is -2.30. The van der Waals surface area contributed by atoms with Gasteiger partial charge in [-0.2, -0.15) is 0 Å². The van der Waals surface area contributed by atoms with Gasteiger partial charge in [-0.15, -0.1) is 0 Å². The van der Waals surface area contributed by atoms with E-state index < -0.39 is 0 Å². The minimum Gasteiger partial charge on any atom is -0.454 e. The summed E-state index contributed by atoms with van der Waals surface area (Å²) in [5.74, 6) is 0.904. The Bertz CT molecular complexity index is 725. The molecular formula is C14H15N5O4S. The average molecular weight is 349 g/mol. The Morgan fingerprint density at radius 2 is 2.25 bits per heavy atom. The number of hydrogen-bond acceptors (Lipinski definition) is 8. The molecule has 1 saturated heterocycles. The Kier molecular flexibility index (Phi) is 4.00. The Balaban J connectivity index is 1.33. The van der Waals surface area contributed by atoms with E-state index in [0.717, 1.165) is 0 Å². The van der Waals surface area contributed by atoms with Gasteiger partial charge < -0.3 is 20.1 Å². The van der Waals surface area contributed by atoms with E-state index >= 15 is 0 Å². The van der Waals surface area contributed by atoms with Gasteiger partial charge in [-0.05, 0) is 12.1 Å². The summed E-state index contributed by atoms with van der Waals surface area (Å²) in [5.41, 5.74) is 6.46. The smallest absolute Gasteiger partial charge is 0.234 e. The molecular weight excluding hydrogens is 334 g/mol. The number of hydrogen-bond donors (Lipinski definition) is 4. The molecule has 1 aromatic carbocycles. The summed E-state index contributed by atoms with van der Waals surface area (Å²) in [4.78, 5) is 28.4. The summed E-state index contributed by atoms with van der Waals surface area (Å²) in [6.07, 6.45) is -0.279. The summed E-state index contributed by atoms with van der Waals surface area (Å²) in [7, 11) is 0. The predicted octanol–water partition coefficient (Wildman–Crippen LogP) is -0.377. The number of carbonyl (C=O) groups is 2. The lowest BCUT2D eigenvalue weighted by Gasteiger charge is -2.21. The van der Waals surface area contributed by atoms with Gasteiger partial charge >= 0.3 is 0 Å². The highest BCUT2D eigenvalue weighted by Crippen LogP contribution is 2.34. The Morgan fingerprint density at radius 3 is 3.17 bits per heavy atom. The fraction of sp³-hybridized carbons (Fsp3) is 0.357. The Morgan fingerprint density at radius 1 is 1.38 bits per heavy atom. The van der Waals surface area contributed by atoms with Crippen molar-refractivity contribution in [2.75, 3.05) is 24.4 Å². The van der Waals surface area contributed by atoms with Crippen LogP contribution in [0.25, 0.3) is 0 Å². The third kappa shape index (κ3) is 3.03. The van der Waals surface area contributed by atoms with Crippen molar-refractivity contribution in [3.8, 4) is 11.5 Å². The number of thioether (sulfide) groups is 1. The van der Waals surface area contributed by atoms with Gasteiger partial charge in [0.15, 0.2) is 16.7 Å². The molecule has 0 saturated carbocycles. The lowest BCUT2D eigenvalue weighted by Crippen LogP contribution is -2.46. The molecule has 3 aliphatic rings. The van der Waals surface area contributed by atoms with Crippen LogP contribution in [-0.2, 0) is 9.59 Å². The number of amidine groups is 1. The van der Waals surface area contributed by atoms with Crippen molar-refractivity contribution in [2.45, 2.75) is 6.17 Å². The summed E-state index contributed by atoms with van der Waals surface area (Å²) >= 11 is 1.19. The van der Waals surface area contributed by atoms with E-state index in [0.29, 0.717) is 28.9 Å². The van der Waals surface area contributed by atoms with Crippen molar-refractivity contribution in [1.29, 1.82) is 0 Å². The number of anilines is 1. The normalized spacial score (nSPS) is 24.2. The molecule has 0 bridgehead atoms. The number of fused-ring (bicyclic) bond motifs is 2. The second-order valence-corrected chi connectivity index (χ2v) is 6.37. The zero-order chi connectivity index (χ0) is 16.5. The van der Waals surface area contributed by atoms with Crippen LogP contribution in [-0.4, -0.2) is 42.2 Å². The van der Waals surface area contributed by atoms with Gasteiger partial charge in [0.25, 0.3) is 0 Å². The van der Waals surface area contributed by atoms with E-state index in [2.05, 4.69) is 26.5 Å². The van der Waals surface area contributed by atoms with Crippen LogP contribution >= 0.6 is 11.8 Å². The van der Waals surface area contributed by atoms with Gasteiger partial charge in [-0.25, -0.2) is 10.4 Å². The molecule has 3 heterocycles. The minimum absolute atomic E-state index is 0.0915. The first kappa shape index (κ1) is 15.2. The molecule has 10 heteroatoms. The highest BCUT2D eigenvalue weighted by Gasteiger charge is 2.36. The monoisotopic (exact) mass is 349 g/mol. The number of ether oxygens (including phenoxy) is 2. The first-order valence-corrected chi connectivity index (χ1v) is 8.37. The highest BCUT2D eigenvalue weighted by atomic mass is 32.2. The van der Waals surface area contributed by atoms with Crippen LogP contribution in [0.15, 0.2) is 23.2 Å². The largest absolute Gasteiger partial charge is 0.454 e. The second-order valence-electron chi connectivity index (χ2n) is 5.40. The maximum atomic E-state index is 12.1. The van der Waals surface area contributed by atoms with Crippen molar-refractivity contribution in [3.05, 3.63) is 18.2 Å². The average Bonchev–Trinajstić information content (AvgIpc) is 3.21. The number of aliphatic imine (C=N–C) groups is 1.